The van der Waals surface area contributed by atoms with Gasteiger partial charge in [-0.1, -0.05) is 84.9 Å². The number of carbonyl (C=O) groups is 3. The summed E-state index contributed by atoms with van der Waals surface area (Å²) >= 11 is 0. The summed E-state index contributed by atoms with van der Waals surface area (Å²) in [6.45, 7) is 2.66. The van der Waals surface area contributed by atoms with Gasteiger partial charge in [-0.2, -0.15) is 0 Å². The Morgan fingerprint density at radius 2 is 1.15 bits per heavy atom. The highest BCUT2D eigenvalue weighted by Gasteiger charge is 2.52. The van der Waals surface area contributed by atoms with E-state index in [9.17, 15) is 24.0 Å². The molecule has 1 aromatic heterocycles. The second-order valence-electron chi connectivity index (χ2n) is 12.9. The van der Waals surface area contributed by atoms with Crippen molar-refractivity contribution in [3.63, 3.8) is 0 Å². The monoisotopic (exact) mass is 730 g/mol. The van der Waals surface area contributed by atoms with E-state index in [-0.39, 0.29) is 22.4 Å². The Morgan fingerprint density at radius 1 is 0.648 bits per heavy atom. The molecule has 0 spiro atoms. The largest absolute Gasteiger partial charge is 0.459 e. The molecule has 13 nitrogen and oxygen atoms in total. The van der Waals surface area contributed by atoms with E-state index in [0.29, 0.717) is 26.2 Å². The van der Waals surface area contributed by atoms with E-state index in [1.165, 1.54) is 11.8 Å². The first-order valence-electron chi connectivity index (χ1n) is 17.6. The smallest absolute Gasteiger partial charge is 0.338 e. The fourth-order valence-electron chi connectivity index (χ4n) is 6.56. The van der Waals surface area contributed by atoms with Crippen molar-refractivity contribution in [1.29, 1.82) is 0 Å². The van der Waals surface area contributed by atoms with Crippen molar-refractivity contribution in [2.24, 2.45) is 0 Å². The maximum atomic E-state index is 13.6. The number of hydrogen-bond acceptors (Lipinski definition) is 11. The van der Waals surface area contributed by atoms with Crippen LogP contribution < -0.4 is 16.1 Å². The van der Waals surface area contributed by atoms with Gasteiger partial charge in [0.25, 0.3) is 5.56 Å². The van der Waals surface area contributed by atoms with Gasteiger partial charge in [-0.3, -0.25) is 19.2 Å². The number of hydrogen-bond donors (Lipinski definition) is 1. The van der Waals surface area contributed by atoms with E-state index >= 15 is 0 Å². The number of carbonyl (C=O) groups excluding carboxylic acids is 3. The summed E-state index contributed by atoms with van der Waals surface area (Å²) in [7, 11) is 0. The number of nitrogens with zero attached hydrogens (tertiary/aromatic N) is 3. The standard InChI is InChI=1S/C41H38N4O9/c46-36-32(44-23-21-43(22-24-44)25-28-13-5-1-6-14-28)26-45(41(50)42-36)37-35(54-40(49)31-19-11-4-12-20-31)34(53-39(48)30-17-9-3-10-18-30)33(52-37)27-51-38(47)29-15-7-2-8-16-29/h1-20,26,33-35,37H,21-25,27H2,(H,42,46,50)/t33-,34-,35+,37+/m1/s1. The van der Waals surface area contributed by atoms with Crippen LogP contribution in [-0.4, -0.2) is 83.5 Å². The van der Waals surface area contributed by atoms with E-state index in [4.69, 9.17) is 18.9 Å². The second-order valence-corrected chi connectivity index (χ2v) is 12.9. The minimum absolute atomic E-state index is 0.200. The number of nitrogens with one attached hydrogen (secondary N) is 1. The number of ether oxygens (including phenoxy) is 4. The molecule has 7 rings (SSSR count). The molecule has 4 aromatic carbocycles. The average molecular weight is 731 g/mol. The van der Waals surface area contributed by atoms with Crippen molar-refractivity contribution in [2.45, 2.75) is 31.1 Å². The summed E-state index contributed by atoms with van der Waals surface area (Å²) in [4.78, 5) is 73.5. The second kappa shape index (κ2) is 16.6. The number of benzene rings is 4. The Morgan fingerprint density at radius 3 is 1.70 bits per heavy atom. The lowest BCUT2D eigenvalue weighted by Crippen LogP contribution is -2.49. The minimum atomic E-state index is -1.43. The molecule has 0 unspecified atom stereocenters. The molecule has 276 valence electrons. The Bertz CT molecular complexity index is 2170. The molecule has 2 aliphatic rings. The summed E-state index contributed by atoms with van der Waals surface area (Å²) in [6, 6.07) is 34.8. The van der Waals surface area contributed by atoms with Crippen LogP contribution in [0.1, 0.15) is 42.9 Å². The normalized spacial score (nSPS) is 19.9. The summed E-state index contributed by atoms with van der Waals surface area (Å²) in [5, 5.41) is 0. The fraction of sp³-hybridized carbons (Fsp3) is 0.244. The molecule has 13 heteroatoms. The molecule has 0 amide bonds. The summed E-state index contributed by atoms with van der Waals surface area (Å²) in [5.74, 6) is -2.19. The van der Waals surface area contributed by atoms with Crippen LogP contribution in [0.15, 0.2) is 137 Å². The molecule has 1 N–H and O–H groups in total. The van der Waals surface area contributed by atoms with Crippen molar-refractivity contribution in [3.8, 4) is 0 Å². The Hall–Kier alpha value is -6.31. The van der Waals surface area contributed by atoms with Gasteiger partial charge in [0.05, 0.1) is 16.7 Å². The van der Waals surface area contributed by atoms with Crippen LogP contribution in [0.4, 0.5) is 5.69 Å². The van der Waals surface area contributed by atoms with Crippen molar-refractivity contribution < 1.29 is 33.3 Å². The van der Waals surface area contributed by atoms with Crippen LogP contribution in [0.3, 0.4) is 0 Å². The van der Waals surface area contributed by atoms with Crippen LogP contribution in [0, 0.1) is 0 Å². The van der Waals surface area contributed by atoms with E-state index in [1.807, 2.05) is 23.1 Å². The summed E-state index contributed by atoms with van der Waals surface area (Å²) in [5.41, 5.74) is 0.648. The number of aromatic amines is 1. The molecule has 2 aliphatic heterocycles. The van der Waals surface area contributed by atoms with E-state index < -0.39 is 60.3 Å². The van der Waals surface area contributed by atoms with Gasteiger partial charge in [0.15, 0.2) is 18.4 Å². The van der Waals surface area contributed by atoms with E-state index in [0.717, 1.165) is 11.1 Å². The number of aromatic nitrogens is 2. The Labute approximate surface area is 310 Å². The number of anilines is 1. The van der Waals surface area contributed by atoms with Crippen LogP contribution in [0.5, 0.6) is 0 Å². The third-order valence-corrected chi connectivity index (χ3v) is 9.36. The molecule has 0 bridgehead atoms. The highest BCUT2D eigenvalue weighted by molar-refractivity contribution is 5.91. The third kappa shape index (κ3) is 8.33. The van der Waals surface area contributed by atoms with Gasteiger partial charge in [0.2, 0.25) is 0 Å². The topological polar surface area (TPSA) is 149 Å². The number of rotatable bonds is 11. The molecular formula is C41H38N4O9. The Kier molecular flexibility index (Phi) is 11.1. The highest BCUT2D eigenvalue weighted by Crippen LogP contribution is 2.35. The molecule has 4 atom stereocenters. The van der Waals surface area contributed by atoms with Crippen molar-refractivity contribution >= 4 is 23.6 Å². The zero-order valence-electron chi connectivity index (χ0n) is 29.2. The predicted molar refractivity (Wildman–Crippen MR) is 197 cm³/mol. The maximum Gasteiger partial charge on any atom is 0.338 e. The lowest BCUT2D eigenvalue weighted by molar-refractivity contribution is -0.0639. The Balaban J connectivity index is 1.20. The van der Waals surface area contributed by atoms with Gasteiger partial charge >= 0.3 is 23.6 Å². The van der Waals surface area contributed by atoms with Gasteiger partial charge in [-0.25, -0.2) is 19.2 Å². The first-order valence-corrected chi connectivity index (χ1v) is 17.6. The number of piperazine rings is 1. The average Bonchev–Trinajstić information content (AvgIpc) is 3.54. The molecular weight excluding hydrogens is 692 g/mol. The van der Waals surface area contributed by atoms with Gasteiger partial charge in [-0.05, 0) is 42.0 Å². The van der Waals surface area contributed by atoms with Gasteiger partial charge in [0, 0.05) is 38.9 Å². The molecule has 3 heterocycles. The van der Waals surface area contributed by atoms with Crippen molar-refractivity contribution in [1.82, 2.24) is 14.5 Å². The van der Waals surface area contributed by atoms with Crippen LogP contribution in [-0.2, 0) is 25.5 Å². The van der Waals surface area contributed by atoms with Crippen molar-refractivity contribution in [2.75, 3.05) is 37.7 Å². The molecule has 2 saturated heterocycles. The van der Waals surface area contributed by atoms with E-state index in [1.54, 1.807) is 91.0 Å². The van der Waals surface area contributed by atoms with Crippen LogP contribution >= 0.6 is 0 Å². The molecule has 0 saturated carbocycles. The number of H-pyrrole nitrogens is 1. The summed E-state index contributed by atoms with van der Waals surface area (Å²) in [6.07, 6.45) is -4.02. The van der Waals surface area contributed by atoms with Crippen molar-refractivity contribution in [3.05, 3.63) is 171 Å². The van der Waals surface area contributed by atoms with Gasteiger partial charge in [-0.15, -0.1) is 0 Å². The molecule has 2 fully saturated rings. The van der Waals surface area contributed by atoms with Gasteiger partial charge in [0.1, 0.15) is 18.4 Å². The van der Waals surface area contributed by atoms with E-state index in [2.05, 4.69) is 22.0 Å². The van der Waals surface area contributed by atoms with Gasteiger partial charge < -0.3 is 23.8 Å². The maximum absolute atomic E-state index is 13.6. The molecule has 0 aliphatic carbocycles. The predicted octanol–water partition coefficient (Wildman–Crippen LogP) is 4.06. The lowest BCUT2D eigenvalue weighted by Gasteiger charge is -2.35. The first-order chi connectivity index (χ1) is 26.3. The zero-order chi connectivity index (χ0) is 37.4. The zero-order valence-corrected chi connectivity index (χ0v) is 29.2. The quantitative estimate of drug-likeness (QED) is 0.155. The third-order valence-electron chi connectivity index (χ3n) is 9.36. The molecule has 5 aromatic rings. The highest BCUT2D eigenvalue weighted by atomic mass is 16.7. The lowest BCUT2D eigenvalue weighted by atomic mass is 10.1. The first kappa shape index (κ1) is 36.1. The SMILES string of the molecule is O=C(OC[C@H]1O[C@H](n2cc(N3CCN(Cc4ccccc4)CC3)c(=O)[nH]c2=O)[C@@H](OC(=O)c2ccccc2)[C@@H]1OC(=O)c1ccccc1)c1ccccc1. The molecule has 0 radical (unpaired) electrons. The number of esters is 3. The molecule has 54 heavy (non-hydrogen) atoms. The minimum Gasteiger partial charge on any atom is -0.459 e. The van der Waals surface area contributed by atoms with Crippen LogP contribution in [0.2, 0.25) is 0 Å². The van der Waals surface area contributed by atoms with Crippen LogP contribution in [0.25, 0.3) is 0 Å². The fourth-order valence-corrected chi connectivity index (χ4v) is 6.56. The summed E-state index contributed by atoms with van der Waals surface area (Å²) < 4.78 is 25.1.